The number of aromatic nitrogens is 1. The number of thiol groups is 1. The third kappa shape index (κ3) is 8.97. The van der Waals surface area contributed by atoms with Gasteiger partial charge in [0.1, 0.15) is 23.9 Å². The topological polar surface area (TPSA) is 230 Å². The summed E-state index contributed by atoms with van der Waals surface area (Å²) >= 11 is 4.15. The highest BCUT2D eigenvalue weighted by Gasteiger charge is 2.31. The predicted octanol–water partition coefficient (Wildman–Crippen LogP) is -0.280. The number of carboxylic acid groups (broad SMARTS) is 1. The fourth-order valence-electron chi connectivity index (χ4n) is 4.24. The molecule has 0 bridgehead atoms. The maximum Gasteiger partial charge on any atom is 0.326 e. The largest absolute Gasteiger partial charge is 0.508 e. The van der Waals surface area contributed by atoms with Gasteiger partial charge in [-0.15, -0.1) is 0 Å². The van der Waals surface area contributed by atoms with Crippen LogP contribution in [0.2, 0.25) is 0 Å². The summed E-state index contributed by atoms with van der Waals surface area (Å²) < 4.78 is 0. The summed E-state index contributed by atoms with van der Waals surface area (Å²) in [5.41, 5.74) is 13.0. The number of carbonyl (C=O) groups is 5. The van der Waals surface area contributed by atoms with E-state index in [0.29, 0.717) is 11.1 Å². The second-order valence-corrected chi connectivity index (χ2v) is 10.1. The molecule has 13 nitrogen and oxygen atoms in total. The minimum atomic E-state index is -1.34. The van der Waals surface area contributed by atoms with E-state index in [1.807, 2.05) is 24.3 Å². The van der Waals surface area contributed by atoms with Crippen LogP contribution in [0.4, 0.5) is 0 Å². The quantitative estimate of drug-likeness (QED) is 0.105. The van der Waals surface area contributed by atoms with Gasteiger partial charge < -0.3 is 42.6 Å². The molecule has 3 rings (SSSR count). The van der Waals surface area contributed by atoms with Gasteiger partial charge in [-0.3, -0.25) is 19.2 Å². The number of hydrogen-bond donors (Lipinski definition) is 9. The van der Waals surface area contributed by atoms with E-state index in [4.69, 9.17) is 11.5 Å². The maximum atomic E-state index is 13.5. The van der Waals surface area contributed by atoms with E-state index < -0.39 is 53.8 Å². The first-order chi connectivity index (χ1) is 20.0. The third-order valence-corrected chi connectivity index (χ3v) is 6.94. The van der Waals surface area contributed by atoms with E-state index in [2.05, 4.69) is 33.6 Å². The van der Waals surface area contributed by atoms with Crippen molar-refractivity contribution >= 4 is 53.1 Å². The molecule has 0 saturated heterocycles. The van der Waals surface area contributed by atoms with Gasteiger partial charge in [-0.1, -0.05) is 30.3 Å². The normalized spacial score (nSPS) is 13.9. The molecule has 0 fully saturated rings. The van der Waals surface area contributed by atoms with E-state index in [0.717, 1.165) is 10.9 Å². The molecule has 1 heterocycles. The van der Waals surface area contributed by atoms with Crippen LogP contribution < -0.4 is 27.4 Å². The molecule has 1 aromatic heterocycles. The summed E-state index contributed by atoms with van der Waals surface area (Å²) in [6.45, 7) is 0. The molecular formula is C28H34N6O7S. The fraction of sp³-hybridized carbons (Fsp3) is 0.321. The van der Waals surface area contributed by atoms with E-state index in [9.17, 15) is 34.2 Å². The van der Waals surface area contributed by atoms with E-state index in [1.54, 1.807) is 6.20 Å². The number of rotatable bonds is 15. The summed E-state index contributed by atoms with van der Waals surface area (Å²) in [5.74, 6) is -4.26. The molecule has 0 radical (unpaired) electrons. The summed E-state index contributed by atoms with van der Waals surface area (Å²) in [6.07, 6.45) is 1.48. The van der Waals surface area contributed by atoms with Crippen LogP contribution in [0.1, 0.15) is 24.0 Å². The Morgan fingerprint density at radius 3 is 2.12 bits per heavy atom. The minimum Gasteiger partial charge on any atom is -0.508 e. The number of fused-ring (bicyclic) bond motifs is 1. The number of carboxylic acids is 1. The highest BCUT2D eigenvalue weighted by atomic mass is 32.1. The van der Waals surface area contributed by atoms with E-state index in [-0.39, 0.29) is 37.2 Å². The summed E-state index contributed by atoms with van der Waals surface area (Å²) in [6, 6.07) is 8.36. The number of para-hydroxylation sites is 1. The van der Waals surface area contributed by atoms with Crippen LogP contribution in [-0.2, 0) is 36.8 Å². The van der Waals surface area contributed by atoms with Gasteiger partial charge in [-0.25, -0.2) is 4.79 Å². The Morgan fingerprint density at radius 1 is 0.857 bits per heavy atom. The molecule has 0 aliphatic carbocycles. The number of amides is 4. The van der Waals surface area contributed by atoms with Crippen molar-refractivity contribution in [2.75, 3.05) is 5.75 Å². The van der Waals surface area contributed by atoms with Crippen LogP contribution in [0, 0.1) is 0 Å². The molecule has 224 valence electrons. The van der Waals surface area contributed by atoms with Crippen LogP contribution >= 0.6 is 12.6 Å². The monoisotopic (exact) mass is 598 g/mol. The molecule has 3 aromatic rings. The van der Waals surface area contributed by atoms with Gasteiger partial charge in [-0.2, -0.15) is 12.6 Å². The molecule has 10 N–H and O–H groups in total. The number of aliphatic carboxylic acids is 1. The Balaban J connectivity index is 1.80. The number of H-pyrrole nitrogens is 1. The van der Waals surface area contributed by atoms with Gasteiger partial charge in [0.2, 0.25) is 23.6 Å². The van der Waals surface area contributed by atoms with Crippen LogP contribution in [0.3, 0.4) is 0 Å². The molecular weight excluding hydrogens is 564 g/mol. The lowest BCUT2D eigenvalue weighted by molar-refractivity contribution is -0.142. The van der Waals surface area contributed by atoms with Crippen molar-refractivity contribution in [1.82, 2.24) is 20.9 Å². The van der Waals surface area contributed by atoms with E-state index in [1.165, 1.54) is 24.3 Å². The van der Waals surface area contributed by atoms with Gasteiger partial charge in [0.15, 0.2) is 0 Å². The Morgan fingerprint density at radius 2 is 1.48 bits per heavy atom. The number of phenols is 1. The molecule has 4 amide bonds. The fourth-order valence-corrected chi connectivity index (χ4v) is 4.50. The number of aromatic amines is 1. The van der Waals surface area contributed by atoms with Gasteiger partial charge in [0.25, 0.3) is 0 Å². The zero-order chi connectivity index (χ0) is 30.8. The summed E-state index contributed by atoms with van der Waals surface area (Å²) in [7, 11) is 0. The van der Waals surface area contributed by atoms with E-state index >= 15 is 0 Å². The number of hydrogen-bond acceptors (Lipinski definition) is 8. The lowest BCUT2D eigenvalue weighted by atomic mass is 10.0. The maximum absolute atomic E-state index is 13.5. The third-order valence-electron chi connectivity index (χ3n) is 6.58. The Labute approximate surface area is 246 Å². The van der Waals surface area contributed by atoms with Crippen molar-refractivity contribution in [3.05, 3.63) is 65.9 Å². The first-order valence-electron chi connectivity index (χ1n) is 13.1. The molecule has 0 saturated carbocycles. The first-order valence-corrected chi connectivity index (χ1v) is 13.7. The molecule has 0 aliphatic rings. The Bertz CT molecular complexity index is 1430. The standard InChI is InChI=1S/C28H34N6O7S/c29-19(9-10-24(30)36)25(37)34-23(14-42)27(39)32-21(12-16-13-31-20-4-2-1-3-18(16)20)26(38)33-22(28(40)41)11-15-5-7-17(35)8-6-15/h1-8,13,19,21-23,31,35,42H,9-12,14,29H2,(H2,30,36)(H,32,39)(H,33,38)(H,34,37)(H,40,41). The van der Waals surface area contributed by atoms with Gasteiger partial charge in [0, 0.05) is 42.1 Å². The second-order valence-electron chi connectivity index (χ2n) is 9.75. The number of aromatic hydroxyl groups is 1. The van der Waals surface area contributed by atoms with Gasteiger partial charge in [0.05, 0.1) is 6.04 Å². The van der Waals surface area contributed by atoms with Crippen LogP contribution in [0.25, 0.3) is 10.9 Å². The van der Waals surface area contributed by atoms with Crippen LogP contribution in [0.5, 0.6) is 5.75 Å². The smallest absolute Gasteiger partial charge is 0.326 e. The number of phenolic OH excluding ortho intramolecular Hbond substituents is 1. The summed E-state index contributed by atoms with van der Waals surface area (Å²) in [5, 5.41) is 27.7. The molecule has 0 aliphatic heterocycles. The second kappa shape index (κ2) is 14.9. The number of primary amides is 1. The lowest BCUT2D eigenvalue weighted by Gasteiger charge is -2.24. The van der Waals surface area contributed by atoms with Crippen molar-refractivity contribution in [3.63, 3.8) is 0 Å². The van der Waals surface area contributed by atoms with Crippen LogP contribution in [-0.4, -0.2) is 74.7 Å². The van der Waals surface area contributed by atoms with Crippen molar-refractivity contribution in [1.29, 1.82) is 0 Å². The highest BCUT2D eigenvalue weighted by Crippen LogP contribution is 2.19. The predicted molar refractivity (Wildman–Crippen MR) is 157 cm³/mol. The SMILES string of the molecule is NC(=O)CCC(N)C(=O)NC(CS)C(=O)NC(Cc1c[nH]c2ccccc12)C(=O)NC(Cc1ccc(O)cc1)C(=O)O. The minimum absolute atomic E-state index is 0.00149. The van der Waals surface area contributed by atoms with Gasteiger partial charge >= 0.3 is 5.97 Å². The average Bonchev–Trinajstić information content (AvgIpc) is 3.37. The number of nitrogens with two attached hydrogens (primary N) is 2. The van der Waals surface area contributed by atoms with Crippen LogP contribution in [0.15, 0.2) is 54.7 Å². The van der Waals surface area contributed by atoms with Crippen molar-refractivity contribution in [2.45, 2.75) is 49.9 Å². The van der Waals surface area contributed by atoms with Crippen molar-refractivity contribution in [2.24, 2.45) is 11.5 Å². The molecule has 42 heavy (non-hydrogen) atoms. The zero-order valence-corrected chi connectivity index (χ0v) is 23.5. The molecule has 4 atom stereocenters. The number of carbonyl (C=O) groups excluding carboxylic acids is 4. The molecule has 2 aromatic carbocycles. The summed E-state index contributed by atoms with van der Waals surface area (Å²) in [4.78, 5) is 65.4. The van der Waals surface area contributed by atoms with Crippen molar-refractivity contribution in [3.8, 4) is 5.75 Å². The number of benzene rings is 2. The molecule has 4 unspecified atom stereocenters. The average molecular weight is 599 g/mol. The molecule has 0 spiro atoms. The Hall–Kier alpha value is -4.56. The number of nitrogens with one attached hydrogen (secondary N) is 4. The zero-order valence-electron chi connectivity index (χ0n) is 22.6. The lowest BCUT2D eigenvalue weighted by Crippen LogP contribution is -2.58. The van der Waals surface area contributed by atoms with Crippen molar-refractivity contribution < 1.29 is 34.2 Å². The molecule has 14 heteroatoms. The first kappa shape index (κ1) is 32.0. The highest BCUT2D eigenvalue weighted by molar-refractivity contribution is 7.80. The Kier molecular flexibility index (Phi) is 11.3. The van der Waals surface area contributed by atoms with Gasteiger partial charge in [-0.05, 0) is 35.7 Å².